The second kappa shape index (κ2) is 3.54. The molecule has 1 aliphatic heterocycles. The number of carbonyl (C=O) groups is 1. The first-order valence-electron chi connectivity index (χ1n) is 4.40. The Labute approximate surface area is 73.4 Å². The molecule has 12 heavy (non-hydrogen) atoms. The van der Waals surface area contributed by atoms with Crippen molar-refractivity contribution < 1.29 is 9.90 Å². The lowest BCUT2D eigenvalue weighted by atomic mass is 9.95. The number of hydrogen-bond donors (Lipinski definition) is 1. The number of aliphatic hydroxyl groups excluding tert-OH is 1. The van der Waals surface area contributed by atoms with E-state index in [2.05, 4.69) is 4.90 Å². The van der Waals surface area contributed by atoms with Crippen LogP contribution in [0, 0.1) is 5.41 Å². The maximum atomic E-state index is 10.6. The zero-order valence-electron chi connectivity index (χ0n) is 7.79. The van der Waals surface area contributed by atoms with E-state index in [9.17, 15) is 9.90 Å². The topological polar surface area (TPSA) is 40.5 Å². The maximum Gasteiger partial charge on any atom is 0.126 e. The fraction of sp³-hybridized carbons (Fsp3) is 0.889. The second-order valence-corrected chi connectivity index (χ2v) is 4.28. The van der Waals surface area contributed by atoms with E-state index in [1.807, 2.05) is 13.8 Å². The Kier molecular flexibility index (Phi) is 2.85. The SMILES string of the molecule is CC(C)(C=O)CN1CCC(O)C1. The van der Waals surface area contributed by atoms with Crippen LogP contribution >= 0.6 is 0 Å². The van der Waals surface area contributed by atoms with Crippen LogP contribution in [0.2, 0.25) is 0 Å². The van der Waals surface area contributed by atoms with Crippen LogP contribution in [-0.2, 0) is 4.79 Å². The number of carbonyl (C=O) groups excluding carboxylic acids is 1. The number of nitrogens with zero attached hydrogens (tertiary/aromatic N) is 1. The summed E-state index contributed by atoms with van der Waals surface area (Å²) in [6, 6.07) is 0. The van der Waals surface area contributed by atoms with Gasteiger partial charge in [0, 0.05) is 25.0 Å². The lowest BCUT2D eigenvalue weighted by Crippen LogP contribution is -2.34. The molecule has 0 radical (unpaired) electrons. The summed E-state index contributed by atoms with van der Waals surface area (Å²) in [4.78, 5) is 12.7. The molecule has 1 rings (SSSR count). The highest BCUT2D eigenvalue weighted by molar-refractivity contribution is 5.58. The van der Waals surface area contributed by atoms with Crippen LogP contribution in [0.4, 0.5) is 0 Å². The standard InChI is InChI=1S/C9H17NO2/c1-9(2,7-11)6-10-4-3-8(12)5-10/h7-8,12H,3-6H2,1-2H3. The number of aldehydes is 1. The first-order chi connectivity index (χ1) is 5.53. The van der Waals surface area contributed by atoms with Gasteiger partial charge in [-0.1, -0.05) is 13.8 Å². The van der Waals surface area contributed by atoms with Crippen LogP contribution in [0.25, 0.3) is 0 Å². The van der Waals surface area contributed by atoms with Crippen LogP contribution in [0.15, 0.2) is 0 Å². The molecule has 1 heterocycles. The van der Waals surface area contributed by atoms with Gasteiger partial charge in [-0.15, -0.1) is 0 Å². The van der Waals surface area contributed by atoms with Crippen molar-refractivity contribution in [3.63, 3.8) is 0 Å². The van der Waals surface area contributed by atoms with Crippen molar-refractivity contribution in [1.82, 2.24) is 4.90 Å². The van der Waals surface area contributed by atoms with Gasteiger partial charge in [-0.2, -0.15) is 0 Å². The lowest BCUT2D eigenvalue weighted by Gasteiger charge is -2.24. The quantitative estimate of drug-likeness (QED) is 0.620. The summed E-state index contributed by atoms with van der Waals surface area (Å²) in [7, 11) is 0. The lowest BCUT2D eigenvalue weighted by molar-refractivity contribution is -0.115. The molecule has 0 aromatic heterocycles. The van der Waals surface area contributed by atoms with E-state index in [1.165, 1.54) is 0 Å². The highest BCUT2D eigenvalue weighted by Crippen LogP contribution is 2.17. The summed E-state index contributed by atoms with van der Waals surface area (Å²) in [5.74, 6) is 0. The van der Waals surface area contributed by atoms with Gasteiger partial charge < -0.3 is 9.90 Å². The third kappa shape index (κ3) is 2.57. The van der Waals surface area contributed by atoms with Gasteiger partial charge in [0.05, 0.1) is 6.10 Å². The second-order valence-electron chi connectivity index (χ2n) is 4.28. The molecule has 1 N–H and O–H groups in total. The largest absolute Gasteiger partial charge is 0.392 e. The van der Waals surface area contributed by atoms with Gasteiger partial charge in [0.25, 0.3) is 0 Å². The van der Waals surface area contributed by atoms with E-state index >= 15 is 0 Å². The predicted octanol–water partition coefficient (Wildman–Crippen LogP) is 0.278. The fourth-order valence-corrected chi connectivity index (χ4v) is 1.57. The molecule has 0 spiro atoms. The van der Waals surface area contributed by atoms with E-state index < -0.39 is 0 Å². The summed E-state index contributed by atoms with van der Waals surface area (Å²) in [5, 5.41) is 9.24. The zero-order chi connectivity index (χ0) is 9.19. The molecule has 0 aromatic carbocycles. The van der Waals surface area contributed by atoms with E-state index in [-0.39, 0.29) is 11.5 Å². The maximum absolute atomic E-state index is 10.6. The molecule has 0 bridgehead atoms. The molecule has 0 aromatic rings. The summed E-state index contributed by atoms with van der Waals surface area (Å²) in [5.41, 5.74) is -0.274. The smallest absolute Gasteiger partial charge is 0.126 e. The molecule has 3 heteroatoms. The summed E-state index contributed by atoms with van der Waals surface area (Å²) >= 11 is 0. The first-order valence-corrected chi connectivity index (χ1v) is 4.40. The summed E-state index contributed by atoms with van der Waals surface area (Å²) in [6.07, 6.45) is 1.64. The molecular formula is C9H17NO2. The van der Waals surface area contributed by atoms with Crippen molar-refractivity contribution in [2.24, 2.45) is 5.41 Å². The van der Waals surface area contributed by atoms with E-state index in [0.717, 1.165) is 32.3 Å². The third-order valence-corrected chi connectivity index (χ3v) is 2.20. The minimum absolute atomic E-state index is 0.188. The molecule has 3 nitrogen and oxygen atoms in total. The van der Waals surface area contributed by atoms with Gasteiger partial charge in [0.1, 0.15) is 6.29 Å². The minimum Gasteiger partial charge on any atom is -0.392 e. The normalized spacial score (nSPS) is 26.1. The molecule has 1 aliphatic rings. The predicted molar refractivity (Wildman–Crippen MR) is 46.9 cm³/mol. The fourth-order valence-electron chi connectivity index (χ4n) is 1.57. The highest BCUT2D eigenvalue weighted by atomic mass is 16.3. The van der Waals surface area contributed by atoms with Crippen LogP contribution in [0.3, 0.4) is 0 Å². The number of β-amino-alcohol motifs (C(OH)–C–C–N with tert-alkyl or cyclic N) is 1. The summed E-state index contributed by atoms with van der Waals surface area (Å²) in [6.45, 7) is 6.23. The highest BCUT2D eigenvalue weighted by Gasteiger charge is 2.26. The van der Waals surface area contributed by atoms with Crippen molar-refractivity contribution >= 4 is 6.29 Å². The van der Waals surface area contributed by atoms with E-state index in [4.69, 9.17) is 0 Å². The van der Waals surface area contributed by atoms with Gasteiger partial charge >= 0.3 is 0 Å². The van der Waals surface area contributed by atoms with Crippen LogP contribution in [0.1, 0.15) is 20.3 Å². The number of likely N-dealkylation sites (tertiary alicyclic amines) is 1. The van der Waals surface area contributed by atoms with Crippen molar-refractivity contribution in [2.75, 3.05) is 19.6 Å². The molecule has 0 amide bonds. The Hall–Kier alpha value is -0.410. The first kappa shape index (κ1) is 9.68. The van der Waals surface area contributed by atoms with Crippen LogP contribution in [-0.4, -0.2) is 42.0 Å². The third-order valence-electron chi connectivity index (χ3n) is 2.20. The Bertz CT molecular complexity index is 168. The van der Waals surface area contributed by atoms with Crippen LogP contribution in [0.5, 0.6) is 0 Å². The molecule has 0 aliphatic carbocycles. The molecule has 1 saturated heterocycles. The monoisotopic (exact) mass is 171 g/mol. The van der Waals surface area contributed by atoms with Gasteiger partial charge in [0.2, 0.25) is 0 Å². The molecule has 1 unspecified atom stereocenters. The molecular weight excluding hydrogens is 154 g/mol. The van der Waals surface area contributed by atoms with Crippen molar-refractivity contribution in [1.29, 1.82) is 0 Å². The Morgan fingerprint density at radius 1 is 1.67 bits per heavy atom. The van der Waals surface area contributed by atoms with Gasteiger partial charge in [0.15, 0.2) is 0 Å². The summed E-state index contributed by atoms with van der Waals surface area (Å²) < 4.78 is 0. The Balaban J connectivity index is 2.36. The molecule has 0 saturated carbocycles. The molecule has 70 valence electrons. The zero-order valence-corrected chi connectivity index (χ0v) is 7.79. The van der Waals surface area contributed by atoms with Gasteiger partial charge in [-0.3, -0.25) is 4.90 Å². The average Bonchev–Trinajstić information content (AvgIpc) is 2.35. The number of aliphatic hydroxyl groups is 1. The van der Waals surface area contributed by atoms with Crippen LogP contribution < -0.4 is 0 Å². The van der Waals surface area contributed by atoms with Gasteiger partial charge in [-0.25, -0.2) is 0 Å². The minimum atomic E-state index is -0.274. The average molecular weight is 171 g/mol. The number of rotatable bonds is 3. The van der Waals surface area contributed by atoms with E-state index in [1.54, 1.807) is 0 Å². The van der Waals surface area contributed by atoms with Crippen molar-refractivity contribution in [3.8, 4) is 0 Å². The molecule has 1 fully saturated rings. The number of hydrogen-bond acceptors (Lipinski definition) is 3. The van der Waals surface area contributed by atoms with Crippen molar-refractivity contribution in [3.05, 3.63) is 0 Å². The van der Waals surface area contributed by atoms with E-state index in [0.29, 0.717) is 0 Å². The Morgan fingerprint density at radius 2 is 2.33 bits per heavy atom. The Morgan fingerprint density at radius 3 is 2.75 bits per heavy atom. The van der Waals surface area contributed by atoms with Gasteiger partial charge in [-0.05, 0) is 6.42 Å². The molecule has 1 atom stereocenters. The van der Waals surface area contributed by atoms with Crippen molar-refractivity contribution in [2.45, 2.75) is 26.4 Å².